The van der Waals surface area contributed by atoms with Crippen molar-refractivity contribution in [3.8, 4) is 6.07 Å². The predicted molar refractivity (Wildman–Crippen MR) is 114 cm³/mol. The molecule has 6 nitrogen and oxygen atoms in total. The van der Waals surface area contributed by atoms with Gasteiger partial charge in [-0.05, 0) is 30.5 Å². The number of halogens is 1. The highest BCUT2D eigenvalue weighted by atomic mass is 35.5. The number of nitrogens with zero attached hydrogens (tertiary/aromatic N) is 2. The monoisotopic (exact) mass is 421 g/mol. The Hall–Kier alpha value is -3.14. The molecule has 1 unspecified atom stereocenters. The molecule has 7 heteroatoms. The van der Waals surface area contributed by atoms with E-state index < -0.39 is 5.91 Å². The molecule has 4 rings (SSSR count). The number of nitriles is 1. The molecule has 1 fully saturated rings. The van der Waals surface area contributed by atoms with Gasteiger partial charge in [-0.3, -0.25) is 9.59 Å². The second-order valence-corrected chi connectivity index (χ2v) is 7.61. The number of rotatable bonds is 5. The highest BCUT2D eigenvalue weighted by Crippen LogP contribution is 2.39. The summed E-state index contributed by atoms with van der Waals surface area (Å²) < 4.78 is 5.51. The highest BCUT2D eigenvalue weighted by molar-refractivity contribution is 6.37. The second-order valence-electron chi connectivity index (χ2n) is 7.21. The molecule has 0 saturated carbocycles. The summed E-state index contributed by atoms with van der Waals surface area (Å²) >= 11 is 6.28. The van der Waals surface area contributed by atoms with Crippen LogP contribution in [0, 0.1) is 11.3 Å². The van der Waals surface area contributed by atoms with E-state index in [4.69, 9.17) is 16.3 Å². The molecule has 0 radical (unpaired) electrons. The maximum Gasteiger partial charge on any atom is 0.262 e. The number of benzene rings is 2. The Morgan fingerprint density at radius 3 is 2.73 bits per heavy atom. The molecule has 2 aromatic rings. The van der Waals surface area contributed by atoms with Crippen molar-refractivity contribution in [2.24, 2.45) is 0 Å². The van der Waals surface area contributed by atoms with Gasteiger partial charge in [-0.2, -0.15) is 5.26 Å². The van der Waals surface area contributed by atoms with Crippen LogP contribution >= 0.6 is 11.6 Å². The summed E-state index contributed by atoms with van der Waals surface area (Å²) in [6, 6.07) is 16.4. The molecule has 152 valence electrons. The summed E-state index contributed by atoms with van der Waals surface area (Å²) in [5.74, 6) is -0.953. The number of hydrogen-bond acceptors (Lipinski definition) is 4. The van der Waals surface area contributed by atoms with E-state index in [1.165, 1.54) is 0 Å². The number of carbonyl (C=O) groups excluding carboxylic acids is 2. The number of anilines is 1. The van der Waals surface area contributed by atoms with Gasteiger partial charge in [-0.25, -0.2) is 0 Å². The van der Waals surface area contributed by atoms with Crippen molar-refractivity contribution in [3.63, 3.8) is 0 Å². The van der Waals surface area contributed by atoms with E-state index in [2.05, 4.69) is 5.32 Å². The summed E-state index contributed by atoms with van der Waals surface area (Å²) in [6.45, 7) is 1.24. The molecule has 2 aliphatic heterocycles. The van der Waals surface area contributed by atoms with Gasteiger partial charge in [0, 0.05) is 23.7 Å². The van der Waals surface area contributed by atoms with Crippen molar-refractivity contribution in [1.29, 1.82) is 5.26 Å². The molecule has 0 aliphatic carbocycles. The summed E-state index contributed by atoms with van der Waals surface area (Å²) in [5, 5.41) is 13.0. The Morgan fingerprint density at radius 1 is 1.23 bits per heavy atom. The van der Waals surface area contributed by atoms with Crippen LogP contribution in [0.25, 0.3) is 5.57 Å². The minimum atomic E-state index is -0.564. The average molecular weight is 422 g/mol. The van der Waals surface area contributed by atoms with Crippen molar-refractivity contribution in [1.82, 2.24) is 5.32 Å². The van der Waals surface area contributed by atoms with E-state index in [0.717, 1.165) is 18.4 Å². The molecule has 0 spiro atoms. The summed E-state index contributed by atoms with van der Waals surface area (Å²) in [7, 11) is 0. The number of para-hydroxylation sites is 1. The van der Waals surface area contributed by atoms with E-state index in [9.17, 15) is 14.9 Å². The van der Waals surface area contributed by atoms with Crippen LogP contribution in [0.4, 0.5) is 5.69 Å². The zero-order chi connectivity index (χ0) is 21.1. The molecule has 30 heavy (non-hydrogen) atoms. The molecule has 2 amide bonds. The van der Waals surface area contributed by atoms with Gasteiger partial charge in [0.15, 0.2) is 0 Å². The Labute approximate surface area is 179 Å². The molecule has 2 heterocycles. The molecule has 0 aromatic heterocycles. The van der Waals surface area contributed by atoms with E-state index in [1.807, 2.05) is 30.3 Å². The molecular weight excluding hydrogens is 402 g/mol. The van der Waals surface area contributed by atoms with Gasteiger partial charge < -0.3 is 15.0 Å². The van der Waals surface area contributed by atoms with E-state index in [-0.39, 0.29) is 29.7 Å². The van der Waals surface area contributed by atoms with Gasteiger partial charge in [-0.15, -0.1) is 0 Å². The van der Waals surface area contributed by atoms with Gasteiger partial charge in [0.05, 0.1) is 23.9 Å². The second kappa shape index (κ2) is 8.70. The van der Waals surface area contributed by atoms with Crippen LogP contribution in [0.15, 0.2) is 54.1 Å². The summed E-state index contributed by atoms with van der Waals surface area (Å²) in [5.41, 5.74) is 1.93. The average Bonchev–Trinajstić information content (AvgIpc) is 3.37. The first-order chi connectivity index (χ1) is 14.6. The van der Waals surface area contributed by atoms with Crippen LogP contribution in [-0.2, 0) is 20.9 Å². The van der Waals surface area contributed by atoms with Crippen LogP contribution in [0.5, 0.6) is 0 Å². The first kappa shape index (κ1) is 20.1. The Morgan fingerprint density at radius 2 is 2.00 bits per heavy atom. The lowest BCUT2D eigenvalue weighted by Gasteiger charge is -2.18. The molecule has 1 saturated heterocycles. The first-order valence-corrected chi connectivity index (χ1v) is 10.2. The third-order valence-electron chi connectivity index (χ3n) is 5.31. The quantitative estimate of drug-likeness (QED) is 0.592. The summed E-state index contributed by atoms with van der Waals surface area (Å²) in [6.07, 6.45) is 1.77. The largest absolute Gasteiger partial charge is 0.376 e. The first-order valence-electron chi connectivity index (χ1n) is 9.79. The van der Waals surface area contributed by atoms with Crippen LogP contribution in [0.2, 0.25) is 5.02 Å². The lowest BCUT2D eigenvalue weighted by Crippen LogP contribution is -2.33. The van der Waals surface area contributed by atoms with Crippen molar-refractivity contribution >= 4 is 34.7 Å². The van der Waals surface area contributed by atoms with Crippen LogP contribution < -0.4 is 10.2 Å². The molecule has 1 N–H and O–H groups in total. The fourth-order valence-corrected chi connectivity index (χ4v) is 3.99. The number of ether oxygens (including phenoxy) is 1. The van der Waals surface area contributed by atoms with Crippen molar-refractivity contribution < 1.29 is 14.3 Å². The van der Waals surface area contributed by atoms with E-state index >= 15 is 0 Å². The molecule has 1 atom stereocenters. The molecule has 2 aliphatic rings. The fraction of sp³-hybridized carbons (Fsp3) is 0.261. The topological polar surface area (TPSA) is 82.4 Å². The normalized spacial score (nSPS) is 19.4. The van der Waals surface area contributed by atoms with Crippen molar-refractivity contribution in [2.45, 2.75) is 25.5 Å². The zero-order valence-electron chi connectivity index (χ0n) is 16.2. The van der Waals surface area contributed by atoms with Gasteiger partial charge >= 0.3 is 0 Å². The minimum absolute atomic E-state index is 0.0535. The Kier molecular flexibility index (Phi) is 5.84. The van der Waals surface area contributed by atoms with E-state index in [0.29, 0.717) is 29.4 Å². The molecule has 0 bridgehead atoms. The molecule has 2 aromatic carbocycles. The zero-order valence-corrected chi connectivity index (χ0v) is 17.0. The van der Waals surface area contributed by atoms with Crippen molar-refractivity contribution in [3.05, 3.63) is 70.3 Å². The van der Waals surface area contributed by atoms with Crippen molar-refractivity contribution in [2.75, 3.05) is 18.1 Å². The standard InChI is InChI=1S/C23H20ClN3O3/c24-19-9-3-1-6-15(19)14-27-20-10-4-2-8-17(20)21(23(27)29)18(12-25)22(28)26-13-16-7-5-11-30-16/h1-4,6,8-10,16H,5,7,11,13-14H2,(H,26,28)/b21-18-. The van der Waals surface area contributed by atoms with Crippen LogP contribution in [-0.4, -0.2) is 31.1 Å². The maximum atomic E-state index is 13.3. The third-order valence-corrected chi connectivity index (χ3v) is 5.68. The van der Waals surface area contributed by atoms with Gasteiger partial charge in [-0.1, -0.05) is 48.0 Å². The fourth-order valence-electron chi connectivity index (χ4n) is 3.80. The van der Waals surface area contributed by atoms with Crippen LogP contribution in [0.1, 0.15) is 24.0 Å². The Balaban J connectivity index is 1.66. The van der Waals surface area contributed by atoms with Gasteiger partial charge in [0.2, 0.25) is 0 Å². The summed E-state index contributed by atoms with van der Waals surface area (Å²) in [4.78, 5) is 27.6. The van der Waals surface area contributed by atoms with Gasteiger partial charge in [0.25, 0.3) is 11.8 Å². The maximum absolute atomic E-state index is 13.3. The highest BCUT2D eigenvalue weighted by Gasteiger charge is 2.36. The number of fused-ring (bicyclic) bond motifs is 1. The van der Waals surface area contributed by atoms with Crippen LogP contribution in [0.3, 0.4) is 0 Å². The lowest BCUT2D eigenvalue weighted by atomic mass is 10.0. The number of amides is 2. The number of nitrogens with one attached hydrogen (secondary N) is 1. The van der Waals surface area contributed by atoms with E-state index in [1.54, 1.807) is 29.2 Å². The smallest absolute Gasteiger partial charge is 0.262 e. The SMILES string of the molecule is N#C/C(C(=O)NCC1CCCO1)=C1/C(=O)N(Cc2ccccc2Cl)c2ccccc21. The third kappa shape index (κ3) is 3.82. The Bertz CT molecular complexity index is 1070. The minimum Gasteiger partial charge on any atom is -0.376 e. The number of carbonyl (C=O) groups is 2. The lowest BCUT2D eigenvalue weighted by molar-refractivity contribution is -0.118. The molecular formula is C23H20ClN3O3. The predicted octanol–water partition coefficient (Wildman–Crippen LogP) is 3.46. The number of hydrogen-bond donors (Lipinski definition) is 1. The van der Waals surface area contributed by atoms with Gasteiger partial charge in [0.1, 0.15) is 11.6 Å².